The quantitative estimate of drug-likeness (QED) is 0.425. The highest BCUT2D eigenvalue weighted by molar-refractivity contribution is 5.92. The fraction of sp³-hybridized carbons (Fsp3) is 0.650. The molecule has 1 saturated heterocycles. The summed E-state index contributed by atoms with van der Waals surface area (Å²) in [4.78, 5) is 36.3. The number of aliphatic hydroxyl groups excluding tert-OH is 2. The minimum atomic E-state index is -0.740. The van der Waals surface area contributed by atoms with Crippen molar-refractivity contribution in [1.82, 2.24) is 0 Å². The summed E-state index contributed by atoms with van der Waals surface area (Å²) in [6, 6.07) is 0. The SMILES string of the molecule is C=C1C(=O)O[C@H]2[C@H]1[C@@H](OC(=O)/C(=C\C)CO)C[C@]1(C)[C@@H]2[C@H](C=O)CC[C@H]1O. The fourth-order valence-electron chi connectivity index (χ4n) is 5.12. The number of hydrogen-bond acceptors (Lipinski definition) is 7. The highest BCUT2D eigenvalue weighted by Crippen LogP contribution is 2.58. The van der Waals surface area contributed by atoms with Crippen LogP contribution >= 0.6 is 0 Å². The molecule has 2 saturated carbocycles. The van der Waals surface area contributed by atoms with Crippen LogP contribution in [0, 0.1) is 23.2 Å². The number of hydrogen-bond donors (Lipinski definition) is 2. The summed E-state index contributed by atoms with van der Waals surface area (Å²) in [5.74, 6) is -2.50. The predicted molar refractivity (Wildman–Crippen MR) is 94.2 cm³/mol. The summed E-state index contributed by atoms with van der Waals surface area (Å²) in [5.41, 5.74) is -0.406. The molecular formula is C20H26O7. The molecule has 7 heteroatoms. The Bertz CT molecular complexity index is 696. The summed E-state index contributed by atoms with van der Waals surface area (Å²) in [6.45, 7) is 6.83. The number of aliphatic hydroxyl groups is 2. The Morgan fingerprint density at radius 3 is 2.74 bits per heavy atom. The summed E-state index contributed by atoms with van der Waals surface area (Å²) >= 11 is 0. The van der Waals surface area contributed by atoms with Gasteiger partial charge in [-0.25, -0.2) is 9.59 Å². The second kappa shape index (κ2) is 7.20. The highest BCUT2D eigenvalue weighted by atomic mass is 16.6. The molecule has 3 fully saturated rings. The van der Waals surface area contributed by atoms with Gasteiger partial charge < -0.3 is 24.5 Å². The lowest BCUT2D eigenvalue weighted by atomic mass is 9.51. The molecule has 0 spiro atoms. The van der Waals surface area contributed by atoms with Crippen LogP contribution < -0.4 is 0 Å². The van der Waals surface area contributed by atoms with Crippen LogP contribution in [0.3, 0.4) is 0 Å². The number of aldehydes is 1. The molecule has 148 valence electrons. The minimum absolute atomic E-state index is 0.115. The third-order valence-corrected chi connectivity index (χ3v) is 6.63. The van der Waals surface area contributed by atoms with E-state index in [1.54, 1.807) is 6.92 Å². The molecule has 1 aliphatic heterocycles. The zero-order valence-corrected chi connectivity index (χ0v) is 15.6. The van der Waals surface area contributed by atoms with E-state index in [4.69, 9.17) is 9.47 Å². The van der Waals surface area contributed by atoms with Crippen LogP contribution in [-0.2, 0) is 23.9 Å². The normalized spacial score (nSPS) is 41.4. The molecule has 3 rings (SSSR count). The van der Waals surface area contributed by atoms with Gasteiger partial charge in [-0.3, -0.25) is 0 Å². The van der Waals surface area contributed by atoms with Gasteiger partial charge in [0.25, 0.3) is 0 Å². The van der Waals surface area contributed by atoms with Crippen molar-refractivity contribution >= 4 is 18.2 Å². The standard InChI is InChI=1S/C20H26O7/c1-4-11(8-21)19(25)26-13-7-20(3)14(23)6-5-12(9-22)16(20)17-15(13)10(2)18(24)27-17/h4,9,12-17,21,23H,2,5-8H2,1,3H3/b11-4-/t12-,13-,14+,15+,16+,17-,20-/m0/s1. The number of carbonyl (C=O) groups is 3. The van der Waals surface area contributed by atoms with Gasteiger partial charge in [-0.1, -0.05) is 19.6 Å². The number of ether oxygens (including phenoxy) is 2. The number of rotatable bonds is 4. The summed E-state index contributed by atoms with van der Waals surface area (Å²) in [6.07, 6.45) is 1.50. The van der Waals surface area contributed by atoms with E-state index in [9.17, 15) is 24.6 Å². The molecule has 3 aliphatic rings. The van der Waals surface area contributed by atoms with Crippen molar-refractivity contribution in [2.75, 3.05) is 6.61 Å². The molecule has 0 amide bonds. The van der Waals surface area contributed by atoms with E-state index in [0.29, 0.717) is 12.8 Å². The summed E-state index contributed by atoms with van der Waals surface area (Å²) < 4.78 is 11.2. The Hall–Kier alpha value is -1.99. The summed E-state index contributed by atoms with van der Waals surface area (Å²) in [7, 11) is 0. The number of fused-ring (bicyclic) bond motifs is 3. The topological polar surface area (TPSA) is 110 Å². The third kappa shape index (κ3) is 3.02. The van der Waals surface area contributed by atoms with Gasteiger partial charge in [0.05, 0.1) is 24.2 Å². The van der Waals surface area contributed by atoms with Gasteiger partial charge in [0, 0.05) is 22.8 Å². The molecule has 2 aliphatic carbocycles. The lowest BCUT2D eigenvalue weighted by molar-refractivity contribution is -0.194. The average Bonchev–Trinajstić information content (AvgIpc) is 2.92. The first-order valence-corrected chi connectivity index (χ1v) is 9.28. The molecule has 0 aromatic heterocycles. The van der Waals surface area contributed by atoms with Crippen LogP contribution in [0.15, 0.2) is 23.8 Å². The van der Waals surface area contributed by atoms with Gasteiger partial charge in [0.1, 0.15) is 18.5 Å². The first-order valence-electron chi connectivity index (χ1n) is 9.28. The molecule has 27 heavy (non-hydrogen) atoms. The van der Waals surface area contributed by atoms with Gasteiger partial charge in [0.2, 0.25) is 0 Å². The lowest BCUT2D eigenvalue weighted by Gasteiger charge is -2.55. The molecular weight excluding hydrogens is 352 g/mol. The molecule has 1 heterocycles. The van der Waals surface area contributed by atoms with Crippen molar-refractivity contribution in [2.24, 2.45) is 23.2 Å². The second-order valence-corrected chi connectivity index (χ2v) is 7.97. The number of carbonyl (C=O) groups excluding carboxylic acids is 3. The molecule has 2 N–H and O–H groups in total. The first kappa shape index (κ1) is 19.8. The van der Waals surface area contributed by atoms with Gasteiger partial charge in [0.15, 0.2) is 0 Å². The Morgan fingerprint density at radius 1 is 1.44 bits per heavy atom. The molecule has 0 aromatic carbocycles. The van der Waals surface area contributed by atoms with Crippen LogP contribution in [0.25, 0.3) is 0 Å². The van der Waals surface area contributed by atoms with Crippen LogP contribution in [0.2, 0.25) is 0 Å². The van der Waals surface area contributed by atoms with Gasteiger partial charge in [-0.15, -0.1) is 0 Å². The van der Waals surface area contributed by atoms with Crippen LogP contribution in [-0.4, -0.2) is 53.4 Å². The van der Waals surface area contributed by atoms with E-state index in [1.807, 2.05) is 6.92 Å². The van der Waals surface area contributed by atoms with Crippen molar-refractivity contribution in [3.05, 3.63) is 23.8 Å². The maximum Gasteiger partial charge on any atom is 0.336 e. The molecule has 0 radical (unpaired) electrons. The minimum Gasteiger partial charge on any atom is -0.458 e. The van der Waals surface area contributed by atoms with E-state index in [2.05, 4.69) is 6.58 Å². The van der Waals surface area contributed by atoms with Crippen molar-refractivity contribution in [2.45, 2.75) is 51.4 Å². The molecule has 0 aromatic rings. The number of esters is 2. The average molecular weight is 378 g/mol. The van der Waals surface area contributed by atoms with Crippen LogP contribution in [0.1, 0.15) is 33.1 Å². The van der Waals surface area contributed by atoms with Crippen molar-refractivity contribution < 1.29 is 34.1 Å². The number of allylic oxidation sites excluding steroid dienone is 1. The Balaban J connectivity index is 1.99. The molecule has 0 unspecified atom stereocenters. The lowest BCUT2D eigenvalue weighted by Crippen LogP contribution is -2.60. The van der Waals surface area contributed by atoms with Gasteiger partial charge in [-0.2, -0.15) is 0 Å². The van der Waals surface area contributed by atoms with Crippen molar-refractivity contribution in [3.63, 3.8) is 0 Å². The largest absolute Gasteiger partial charge is 0.458 e. The molecule has 0 bridgehead atoms. The van der Waals surface area contributed by atoms with E-state index in [1.165, 1.54) is 6.08 Å². The van der Waals surface area contributed by atoms with Crippen LogP contribution in [0.4, 0.5) is 0 Å². The Morgan fingerprint density at radius 2 is 2.15 bits per heavy atom. The highest BCUT2D eigenvalue weighted by Gasteiger charge is 2.63. The molecule has 7 nitrogen and oxygen atoms in total. The van der Waals surface area contributed by atoms with Gasteiger partial charge >= 0.3 is 11.9 Å². The summed E-state index contributed by atoms with van der Waals surface area (Å²) in [5, 5.41) is 20.0. The van der Waals surface area contributed by atoms with Gasteiger partial charge in [-0.05, 0) is 26.2 Å². The van der Waals surface area contributed by atoms with Crippen molar-refractivity contribution in [3.8, 4) is 0 Å². The maximum atomic E-state index is 12.4. The zero-order valence-electron chi connectivity index (χ0n) is 15.6. The first-order chi connectivity index (χ1) is 12.8. The Kier molecular flexibility index (Phi) is 5.27. The maximum absolute atomic E-state index is 12.4. The van der Waals surface area contributed by atoms with Crippen LogP contribution in [0.5, 0.6) is 0 Å². The smallest absolute Gasteiger partial charge is 0.336 e. The van der Waals surface area contributed by atoms with E-state index in [0.717, 1.165) is 6.29 Å². The fourth-order valence-corrected chi connectivity index (χ4v) is 5.12. The van der Waals surface area contributed by atoms with E-state index >= 15 is 0 Å². The second-order valence-electron chi connectivity index (χ2n) is 7.97. The predicted octanol–water partition coefficient (Wildman–Crippen LogP) is 0.931. The Labute approximate surface area is 158 Å². The third-order valence-electron chi connectivity index (χ3n) is 6.63. The van der Waals surface area contributed by atoms with Crippen molar-refractivity contribution in [1.29, 1.82) is 0 Å². The molecule has 7 atom stereocenters. The monoisotopic (exact) mass is 378 g/mol. The van der Waals surface area contributed by atoms with E-state index in [-0.39, 0.29) is 29.4 Å². The van der Waals surface area contributed by atoms with E-state index < -0.39 is 48.2 Å². The zero-order chi connectivity index (χ0) is 19.9.